The summed E-state index contributed by atoms with van der Waals surface area (Å²) in [6.07, 6.45) is 4.46. The fraction of sp³-hybridized carbons (Fsp3) is 0.421. The van der Waals surface area contributed by atoms with E-state index in [1.165, 1.54) is 0 Å². The van der Waals surface area contributed by atoms with Gasteiger partial charge in [0.1, 0.15) is 12.1 Å². The first-order chi connectivity index (χ1) is 25.4. The van der Waals surface area contributed by atoms with E-state index in [0.29, 0.717) is 22.3 Å². The SMILES string of the molecule is CC(C)[C@H](NC(=O)CSc1ncc[nH]1)C(=O)N(C(=O)[C@@H](NC(=O)CSc1ncc[nH]1)C(C)C)C(CC(O)C(O)CCc1ccccc1)c1ccccc1. The van der Waals surface area contributed by atoms with Crippen molar-refractivity contribution in [3.8, 4) is 0 Å². The Morgan fingerprint density at radius 2 is 1.19 bits per heavy atom. The van der Waals surface area contributed by atoms with E-state index >= 15 is 0 Å². The first-order valence-electron chi connectivity index (χ1n) is 17.6. The number of imidazole rings is 2. The molecule has 0 fully saturated rings. The lowest BCUT2D eigenvalue weighted by molar-refractivity contribution is -0.155. The zero-order chi connectivity index (χ0) is 38.3. The number of aryl methyl sites for hydroxylation is 1. The lowest BCUT2D eigenvalue weighted by Gasteiger charge is -2.38. The largest absolute Gasteiger partial charge is 0.390 e. The number of aliphatic hydroxyl groups excluding tert-OH is 2. The third-order valence-corrected chi connectivity index (χ3v) is 10.4. The molecule has 0 saturated heterocycles. The summed E-state index contributed by atoms with van der Waals surface area (Å²) in [5.74, 6) is -3.27. The van der Waals surface area contributed by atoms with Crippen molar-refractivity contribution in [2.24, 2.45) is 11.8 Å². The van der Waals surface area contributed by atoms with E-state index in [1.807, 2.05) is 30.3 Å². The Morgan fingerprint density at radius 3 is 1.62 bits per heavy atom. The molecular weight excluding hydrogens is 715 g/mol. The molecule has 4 rings (SSSR count). The van der Waals surface area contributed by atoms with Crippen LogP contribution in [0, 0.1) is 11.8 Å². The molecule has 4 aromatic rings. The van der Waals surface area contributed by atoms with Crippen LogP contribution in [-0.2, 0) is 25.6 Å². The fourth-order valence-corrected chi connectivity index (χ4v) is 6.98. The summed E-state index contributed by atoms with van der Waals surface area (Å²) < 4.78 is 0. The summed E-state index contributed by atoms with van der Waals surface area (Å²) in [6.45, 7) is 7.05. The van der Waals surface area contributed by atoms with E-state index in [2.05, 4.69) is 30.6 Å². The van der Waals surface area contributed by atoms with Crippen LogP contribution in [0.1, 0.15) is 57.7 Å². The Labute approximate surface area is 318 Å². The lowest BCUT2D eigenvalue weighted by Crippen LogP contribution is -2.59. The number of carbonyl (C=O) groups excluding carboxylic acids is 4. The van der Waals surface area contributed by atoms with Crippen LogP contribution in [-0.4, -0.2) is 94.5 Å². The minimum atomic E-state index is -1.33. The molecule has 13 nitrogen and oxygen atoms in total. The standard InChI is InChI=1S/C38H49N7O6S2/c1-24(2)33(43-31(48)22-52-37-39-17-18-40-37)35(50)45(36(51)34(25(3)4)44-32(49)23-53-38-41-19-20-42-38)28(27-13-9-6-10-14-27)21-30(47)29(46)16-15-26-11-7-5-8-12-26/h5-14,17-20,24-25,28-30,33-34,46-47H,15-16,21-23H2,1-4H3,(H,39,40)(H,41,42)(H,43,48)(H,44,49)/t28?,29?,30?,33-,34-/m0/s1. The van der Waals surface area contributed by atoms with Gasteiger partial charge < -0.3 is 30.8 Å². The number of rotatable bonds is 20. The molecule has 0 aliphatic carbocycles. The van der Waals surface area contributed by atoms with Crippen LogP contribution in [0.25, 0.3) is 0 Å². The van der Waals surface area contributed by atoms with Gasteiger partial charge in [0.2, 0.25) is 11.8 Å². The number of carbonyl (C=O) groups is 4. The first-order valence-corrected chi connectivity index (χ1v) is 19.6. The highest BCUT2D eigenvalue weighted by molar-refractivity contribution is 8.00. The Bertz CT molecular complexity index is 1630. The highest BCUT2D eigenvalue weighted by atomic mass is 32.2. The van der Waals surface area contributed by atoms with Gasteiger partial charge in [-0.15, -0.1) is 0 Å². The predicted molar refractivity (Wildman–Crippen MR) is 205 cm³/mol. The number of aromatic nitrogens is 4. The Kier molecular flexibility index (Phi) is 16.1. The highest BCUT2D eigenvalue weighted by Gasteiger charge is 2.42. The van der Waals surface area contributed by atoms with Gasteiger partial charge in [-0.3, -0.25) is 24.1 Å². The number of nitrogens with zero attached hydrogens (tertiary/aromatic N) is 3. The zero-order valence-electron chi connectivity index (χ0n) is 30.3. The molecule has 2 aromatic heterocycles. The summed E-state index contributed by atoms with van der Waals surface area (Å²) in [4.78, 5) is 71.4. The number of nitrogens with one attached hydrogen (secondary N) is 4. The number of amides is 4. The van der Waals surface area contributed by atoms with Gasteiger partial charge in [-0.1, -0.05) is 112 Å². The van der Waals surface area contributed by atoms with E-state index in [9.17, 15) is 29.4 Å². The summed E-state index contributed by atoms with van der Waals surface area (Å²) in [5, 5.41) is 29.4. The summed E-state index contributed by atoms with van der Waals surface area (Å²) in [6, 6.07) is 15.0. The molecular formula is C38H49N7O6S2. The molecule has 15 heteroatoms. The maximum Gasteiger partial charge on any atom is 0.252 e. The van der Waals surface area contributed by atoms with Crippen LogP contribution in [0.5, 0.6) is 0 Å². The number of benzene rings is 2. The molecule has 53 heavy (non-hydrogen) atoms. The number of hydrogen-bond acceptors (Lipinski definition) is 10. The average Bonchev–Trinajstić information content (AvgIpc) is 3.88. The van der Waals surface area contributed by atoms with Gasteiger partial charge >= 0.3 is 0 Å². The van der Waals surface area contributed by atoms with E-state index in [1.54, 1.807) is 82.8 Å². The molecule has 0 aliphatic heterocycles. The van der Waals surface area contributed by atoms with Crippen LogP contribution >= 0.6 is 23.5 Å². The summed E-state index contributed by atoms with van der Waals surface area (Å²) in [7, 11) is 0. The Balaban J connectivity index is 1.67. The number of imide groups is 1. The second-order valence-corrected chi connectivity index (χ2v) is 15.2. The number of thioether (sulfide) groups is 2. The quantitative estimate of drug-likeness (QED) is 0.0713. The molecule has 3 unspecified atom stereocenters. The fourth-order valence-electron chi connectivity index (χ4n) is 5.70. The van der Waals surface area contributed by atoms with Gasteiger partial charge in [0.15, 0.2) is 10.3 Å². The van der Waals surface area contributed by atoms with Gasteiger partial charge in [-0.05, 0) is 35.8 Å². The van der Waals surface area contributed by atoms with Crippen LogP contribution < -0.4 is 10.6 Å². The molecule has 0 aliphatic rings. The van der Waals surface area contributed by atoms with Crippen molar-refractivity contribution >= 4 is 47.2 Å². The maximum absolute atomic E-state index is 14.9. The summed E-state index contributed by atoms with van der Waals surface area (Å²) in [5.41, 5.74) is 1.53. The van der Waals surface area contributed by atoms with E-state index < -0.39 is 65.8 Å². The van der Waals surface area contributed by atoms with Crippen molar-refractivity contribution in [1.29, 1.82) is 0 Å². The third kappa shape index (κ3) is 12.6. The van der Waals surface area contributed by atoms with Crippen molar-refractivity contribution in [3.63, 3.8) is 0 Å². The molecule has 4 amide bonds. The molecule has 6 N–H and O–H groups in total. The van der Waals surface area contributed by atoms with Gasteiger partial charge in [-0.2, -0.15) is 0 Å². The molecule has 2 heterocycles. The number of aromatic amines is 2. The van der Waals surface area contributed by atoms with Crippen LogP contribution in [0.4, 0.5) is 0 Å². The third-order valence-electron chi connectivity index (χ3n) is 8.58. The summed E-state index contributed by atoms with van der Waals surface area (Å²) >= 11 is 2.33. The minimum absolute atomic E-state index is 0.0373. The monoisotopic (exact) mass is 763 g/mol. The van der Waals surface area contributed by atoms with E-state index in [-0.39, 0.29) is 24.3 Å². The molecule has 5 atom stereocenters. The molecule has 0 bridgehead atoms. The predicted octanol–water partition coefficient (Wildman–Crippen LogP) is 4.14. The Morgan fingerprint density at radius 1 is 0.717 bits per heavy atom. The zero-order valence-corrected chi connectivity index (χ0v) is 32.0. The van der Waals surface area contributed by atoms with Crippen molar-refractivity contribution in [3.05, 3.63) is 96.6 Å². The minimum Gasteiger partial charge on any atom is -0.390 e. The smallest absolute Gasteiger partial charge is 0.252 e. The van der Waals surface area contributed by atoms with Crippen molar-refractivity contribution in [2.45, 2.75) is 87.6 Å². The molecule has 2 aromatic carbocycles. The number of hydrogen-bond donors (Lipinski definition) is 6. The van der Waals surface area contributed by atoms with E-state index in [4.69, 9.17) is 0 Å². The normalized spacial score (nSPS) is 14.3. The molecule has 0 spiro atoms. The van der Waals surface area contributed by atoms with Gasteiger partial charge in [-0.25, -0.2) is 9.97 Å². The van der Waals surface area contributed by atoms with Gasteiger partial charge in [0.05, 0.1) is 29.8 Å². The van der Waals surface area contributed by atoms with Gasteiger partial charge in [0, 0.05) is 31.2 Å². The topological polar surface area (TPSA) is 193 Å². The first kappa shape index (κ1) is 41.3. The second kappa shape index (κ2) is 20.7. The molecule has 284 valence electrons. The second-order valence-electron chi connectivity index (χ2n) is 13.3. The maximum atomic E-state index is 14.9. The molecule has 0 saturated carbocycles. The number of aliphatic hydroxyl groups is 2. The average molecular weight is 764 g/mol. The van der Waals surface area contributed by atoms with Crippen LogP contribution in [0.2, 0.25) is 0 Å². The Hall–Kier alpha value is -4.44. The highest BCUT2D eigenvalue weighted by Crippen LogP contribution is 2.31. The number of H-pyrrole nitrogens is 2. The van der Waals surface area contributed by atoms with Gasteiger partial charge in [0.25, 0.3) is 11.8 Å². The lowest BCUT2D eigenvalue weighted by atomic mass is 9.91. The van der Waals surface area contributed by atoms with Crippen molar-refractivity contribution < 1.29 is 29.4 Å². The van der Waals surface area contributed by atoms with Crippen LogP contribution in [0.3, 0.4) is 0 Å². The van der Waals surface area contributed by atoms with Crippen molar-refractivity contribution in [1.82, 2.24) is 35.5 Å². The molecule has 0 radical (unpaired) electrons. The van der Waals surface area contributed by atoms with Crippen molar-refractivity contribution in [2.75, 3.05) is 11.5 Å². The van der Waals surface area contributed by atoms with Crippen LogP contribution in [0.15, 0.2) is 95.8 Å². The van der Waals surface area contributed by atoms with E-state index in [0.717, 1.165) is 34.0 Å².